The molecule has 19 heavy (non-hydrogen) atoms. The molecule has 0 fully saturated rings. The smallest absolute Gasteiger partial charge is 0.303 e. The number of thioether (sulfide) groups is 1. The molecule has 104 valence electrons. The van der Waals surface area contributed by atoms with E-state index in [1.165, 1.54) is 11.8 Å². The van der Waals surface area contributed by atoms with Crippen LogP contribution < -0.4 is 5.32 Å². The summed E-state index contributed by atoms with van der Waals surface area (Å²) in [6, 6.07) is 0. The first-order chi connectivity index (χ1) is 8.95. The zero-order valence-electron chi connectivity index (χ0n) is 11.2. The second-order valence-electron chi connectivity index (χ2n) is 3.99. The van der Waals surface area contributed by atoms with Gasteiger partial charge < -0.3 is 10.4 Å². The zero-order chi connectivity index (χ0) is 14.4. The summed E-state index contributed by atoms with van der Waals surface area (Å²) in [5, 5.41) is 11.8. The number of aryl methyl sites for hydroxylation is 2. The maximum Gasteiger partial charge on any atom is 0.303 e. The summed E-state index contributed by atoms with van der Waals surface area (Å²) in [6.45, 7) is 3.87. The first-order valence-corrected chi connectivity index (χ1v) is 7.07. The van der Waals surface area contributed by atoms with Crippen LogP contribution in [0.2, 0.25) is 0 Å². The molecule has 0 saturated carbocycles. The Morgan fingerprint density at radius 3 is 2.58 bits per heavy atom. The molecular formula is C12H17N3O3S. The molecule has 0 spiro atoms. The molecule has 7 heteroatoms. The summed E-state index contributed by atoms with van der Waals surface area (Å²) < 4.78 is 0. The van der Waals surface area contributed by atoms with Crippen molar-refractivity contribution in [2.45, 2.75) is 31.7 Å². The van der Waals surface area contributed by atoms with Crippen molar-refractivity contribution in [3.63, 3.8) is 0 Å². The minimum Gasteiger partial charge on any atom is -0.481 e. The Morgan fingerprint density at radius 2 is 2.00 bits per heavy atom. The van der Waals surface area contributed by atoms with Gasteiger partial charge in [0.05, 0.1) is 11.3 Å². The van der Waals surface area contributed by atoms with Crippen LogP contribution in [0.5, 0.6) is 0 Å². The van der Waals surface area contributed by atoms with Gasteiger partial charge >= 0.3 is 5.97 Å². The predicted molar refractivity (Wildman–Crippen MR) is 72.5 cm³/mol. The van der Waals surface area contributed by atoms with Crippen molar-refractivity contribution in [2.24, 2.45) is 0 Å². The lowest BCUT2D eigenvalue weighted by molar-refractivity contribution is -0.137. The average molecular weight is 283 g/mol. The first-order valence-electron chi connectivity index (χ1n) is 5.85. The third-order valence-electron chi connectivity index (χ3n) is 2.44. The third kappa shape index (κ3) is 4.51. The van der Waals surface area contributed by atoms with Crippen LogP contribution >= 0.6 is 11.8 Å². The topological polar surface area (TPSA) is 92.2 Å². The zero-order valence-corrected chi connectivity index (χ0v) is 12.0. The molecule has 0 radical (unpaired) electrons. The van der Waals surface area contributed by atoms with Gasteiger partial charge in [0.1, 0.15) is 10.9 Å². The monoisotopic (exact) mass is 283 g/mol. The summed E-state index contributed by atoms with van der Waals surface area (Å²) in [7, 11) is 0. The summed E-state index contributed by atoms with van der Waals surface area (Å²) in [4.78, 5) is 30.8. The number of aliphatic carboxylic acids is 1. The Balaban J connectivity index is 2.74. The predicted octanol–water partition coefficient (Wildman–Crippen LogP) is 1.41. The number of carbonyl (C=O) groups is 2. The van der Waals surface area contributed by atoms with Crippen molar-refractivity contribution >= 4 is 23.6 Å². The highest BCUT2D eigenvalue weighted by atomic mass is 32.2. The average Bonchev–Trinajstić information content (AvgIpc) is 2.33. The maximum atomic E-state index is 12.0. The van der Waals surface area contributed by atoms with Crippen molar-refractivity contribution in [1.29, 1.82) is 0 Å². The van der Waals surface area contributed by atoms with E-state index >= 15 is 0 Å². The fraction of sp³-hybridized carbons (Fsp3) is 0.500. The lowest BCUT2D eigenvalue weighted by atomic mass is 10.2. The van der Waals surface area contributed by atoms with E-state index in [4.69, 9.17) is 5.11 Å². The molecule has 0 aromatic carbocycles. The van der Waals surface area contributed by atoms with Gasteiger partial charge in [0.2, 0.25) is 0 Å². The molecule has 0 bridgehead atoms. The Hall–Kier alpha value is -1.63. The largest absolute Gasteiger partial charge is 0.481 e. The molecule has 0 aliphatic rings. The summed E-state index contributed by atoms with van der Waals surface area (Å²) in [5.41, 5.74) is 1.10. The normalized spacial score (nSPS) is 10.3. The lowest BCUT2D eigenvalue weighted by Crippen LogP contribution is -2.27. The molecule has 0 aliphatic heterocycles. The molecule has 6 nitrogen and oxygen atoms in total. The molecular weight excluding hydrogens is 266 g/mol. The van der Waals surface area contributed by atoms with E-state index in [1.807, 2.05) is 6.26 Å². The van der Waals surface area contributed by atoms with Gasteiger partial charge in [-0.2, -0.15) is 0 Å². The van der Waals surface area contributed by atoms with Crippen LogP contribution in [0.25, 0.3) is 0 Å². The van der Waals surface area contributed by atoms with Crippen LogP contribution in [0.3, 0.4) is 0 Å². The number of nitrogens with one attached hydrogen (secondary N) is 1. The van der Waals surface area contributed by atoms with Gasteiger partial charge in [-0.15, -0.1) is 11.8 Å². The van der Waals surface area contributed by atoms with Crippen LogP contribution in [-0.4, -0.2) is 39.8 Å². The molecule has 0 aliphatic carbocycles. The fourth-order valence-corrected chi connectivity index (χ4v) is 2.29. The summed E-state index contributed by atoms with van der Waals surface area (Å²) >= 11 is 1.39. The van der Waals surface area contributed by atoms with Gasteiger partial charge in [0.15, 0.2) is 0 Å². The standard InChI is InChI=1S/C12H17N3O3S/c1-7-10(12(19-3)15-8(2)14-7)11(18)13-6-4-5-9(16)17/h4-6H2,1-3H3,(H,13,18)(H,16,17). The summed E-state index contributed by atoms with van der Waals surface area (Å²) in [5.74, 6) is -0.495. The molecule has 0 unspecified atom stereocenters. The van der Waals surface area contributed by atoms with Crippen LogP contribution in [0, 0.1) is 13.8 Å². The van der Waals surface area contributed by atoms with Gasteiger partial charge in [0, 0.05) is 13.0 Å². The number of aromatic nitrogens is 2. The number of nitrogens with zero attached hydrogens (tertiary/aromatic N) is 2. The lowest BCUT2D eigenvalue weighted by Gasteiger charge is -2.10. The van der Waals surface area contributed by atoms with Crippen molar-refractivity contribution in [3.8, 4) is 0 Å². The molecule has 1 rings (SSSR count). The van der Waals surface area contributed by atoms with E-state index in [2.05, 4.69) is 15.3 Å². The Labute approximate surface area is 116 Å². The first kappa shape index (κ1) is 15.4. The van der Waals surface area contributed by atoms with Gasteiger partial charge in [-0.3, -0.25) is 9.59 Å². The Bertz CT molecular complexity index is 491. The maximum absolute atomic E-state index is 12.0. The number of carboxylic acid groups (broad SMARTS) is 1. The van der Waals surface area contributed by atoms with Gasteiger partial charge in [-0.25, -0.2) is 9.97 Å². The molecule has 0 atom stereocenters. The van der Waals surface area contributed by atoms with Crippen LogP contribution in [-0.2, 0) is 4.79 Å². The third-order valence-corrected chi connectivity index (χ3v) is 3.12. The van der Waals surface area contributed by atoms with E-state index in [9.17, 15) is 9.59 Å². The number of hydrogen-bond donors (Lipinski definition) is 2. The minimum atomic E-state index is -0.867. The fourth-order valence-electron chi connectivity index (χ4n) is 1.62. The van der Waals surface area contributed by atoms with Gasteiger partial charge in [-0.05, 0) is 26.5 Å². The van der Waals surface area contributed by atoms with E-state index in [0.29, 0.717) is 35.1 Å². The molecule has 2 N–H and O–H groups in total. The minimum absolute atomic E-state index is 0.0407. The molecule has 0 saturated heterocycles. The molecule has 1 aromatic heterocycles. The molecule has 1 heterocycles. The number of amides is 1. The van der Waals surface area contributed by atoms with Gasteiger partial charge in [-0.1, -0.05) is 0 Å². The van der Waals surface area contributed by atoms with E-state index in [1.54, 1.807) is 13.8 Å². The quantitative estimate of drug-likeness (QED) is 0.466. The highest BCUT2D eigenvalue weighted by molar-refractivity contribution is 7.98. The van der Waals surface area contributed by atoms with E-state index < -0.39 is 5.97 Å². The highest BCUT2D eigenvalue weighted by Gasteiger charge is 2.16. The Morgan fingerprint density at radius 1 is 1.32 bits per heavy atom. The summed E-state index contributed by atoms with van der Waals surface area (Å²) in [6.07, 6.45) is 2.29. The van der Waals surface area contributed by atoms with Crippen LogP contribution in [0.4, 0.5) is 0 Å². The highest BCUT2D eigenvalue weighted by Crippen LogP contribution is 2.20. The van der Waals surface area contributed by atoms with E-state index in [-0.39, 0.29) is 12.3 Å². The number of rotatable bonds is 6. The van der Waals surface area contributed by atoms with Crippen LogP contribution in [0.15, 0.2) is 5.03 Å². The van der Waals surface area contributed by atoms with Crippen molar-refractivity contribution < 1.29 is 14.7 Å². The van der Waals surface area contributed by atoms with E-state index in [0.717, 1.165) is 0 Å². The number of carboxylic acids is 1. The number of hydrogen-bond acceptors (Lipinski definition) is 5. The number of carbonyl (C=O) groups excluding carboxylic acids is 1. The van der Waals surface area contributed by atoms with Crippen molar-refractivity contribution in [2.75, 3.05) is 12.8 Å². The van der Waals surface area contributed by atoms with Crippen LogP contribution in [0.1, 0.15) is 34.7 Å². The SMILES string of the molecule is CSc1nc(C)nc(C)c1C(=O)NCCCC(=O)O. The van der Waals surface area contributed by atoms with Crippen molar-refractivity contribution in [1.82, 2.24) is 15.3 Å². The molecule has 1 amide bonds. The molecule has 1 aromatic rings. The van der Waals surface area contributed by atoms with Gasteiger partial charge in [0.25, 0.3) is 5.91 Å². The van der Waals surface area contributed by atoms with Crippen molar-refractivity contribution in [3.05, 3.63) is 17.1 Å². The second kappa shape index (κ2) is 7.08. The second-order valence-corrected chi connectivity index (χ2v) is 4.79. The Kier molecular flexibility index (Phi) is 5.75.